The van der Waals surface area contributed by atoms with E-state index in [2.05, 4.69) is 9.97 Å². The van der Waals surface area contributed by atoms with E-state index < -0.39 is 0 Å². The molecule has 0 spiro atoms. The summed E-state index contributed by atoms with van der Waals surface area (Å²) in [5.41, 5.74) is 0.176. The Balaban J connectivity index is 3.53. The molecule has 1 heterocycles. The van der Waals surface area contributed by atoms with Crippen molar-refractivity contribution >= 4 is 11.6 Å². The van der Waals surface area contributed by atoms with Crippen molar-refractivity contribution in [1.29, 1.82) is 10.5 Å². The molecule has 0 N–H and O–H groups in total. The first-order valence-corrected chi connectivity index (χ1v) is 6.88. The minimum atomic E-state index is 0.0882. The summed E-state index contributed by atoms with van der Waals surface area (Å²) in [4.78, 5) is 12.8. The molecule has 0 aromatic carbocycles. The third kappa shape index (κ3) is 2.97. The molecule has 20 heavy (non-hydrogen) atoms. The molecule has 1 rings (SSSR count). The van der Waals surface area contributed by atoms with E-state index in [0.717, 1.165) is 26.2 Å². The Bertz CT molecular complexity index is 483. The minimum absolute atomic E-state index is 0.0882. The van der Waals surface area contributed by atoms with Crippen LogP contribution in [0.4, 0.5) is 11.6 Å². The Morgan fingerprint density at radius 3 is 1.25 bits per heavy atom. The van der Waals surface area contributed by atoms with E-state index in [1.807, 2.05) is 49.6 Å². The van der Waals surface area contributed by atoms with E-state index in [4.69, 9.17) is 10.5 Å². The van der Waals surface area contributed by atoms with Crippen molar-refractivity contribution in [2.75, 3.05) is 36.0 Å². The van der Waals surface area contributed by atoms with Gasteiger partial charge in [0, 0.05) is 26.2 Å². The smallest absolute Gasteiger partial charge is 0.179 e. The van der Waals surface area contributed by atoms with Gasteiger partial charge in [0.1, 0.15) is 12.1 Å². The highest BCUT2D eigenvalue weighted by Crippen LogP contribution is 2.26. The number of rotatable bonds is 6. The lowest BCUT2D eigenvalue weighted by Gasteiger charge is -2.28. The number of nitrogens with zero attached hydrogens (tertiary/aromatic N) is 6. The van der Waals surface area contributed by atoms with Gasteiger partial charge in [-0.25, -0.2) is 9.97 Å². The Kier molecular flexibility index (Phi) is 5.74. The quantitative estimate of drug-likeness (QED) is 0.787. The van der Waals surface area contributed by atoms with Gasteiger partial charge in [-0.3, -0.25) is 0 Å². The largest absolute Gasteiger partial charge is 0.354 e. The second-order valence-corrected chi connectivity index (χ2v) is 4.14. The third-order valence-corrected chi connectivity index (χ3v) is 3.20. The molecule has 0 saturated heterocycles. The second-order valence-electron chi connectivity index (χ2n) is 4.14. The first-order valence-electron chi connectivity index (χ1n) is 6.88. The maximum absolute atomic E-state index is 9.11. The number of hydrogen-bond donors (Lipinski definition) is 0. The number of anilines is 2. The van der Waals surface area contributed by atoms with Crippen LogP contribution in [0.3, 0.4) is 0 Å². The fourth-order valence-corrected chi connectivity index (χ4v) is 2.04. The van der Waals surface area contributed by atoms with E-state index in [9.17, 15) is 0 Å². The Hall–Kier alpha value is -2.34. The minimum Gasteiger partial charge on any atom is -0.354 e. The molecule has 6 nitrogen and oxygen atoms in total. The molecule has 0 amide bonds. The van der Waals surface area contributed by atoms with Crippen LogP contribution in [0.1, 0.15) is 39.1 Å². The van der Waals surface area contributed by atoms with Crippen LogP contribution in [0.5, 0.6) is 0 Å². The van der Waals surface area contributed by atoms with E-state index >= 15 is 0 Å². The molecule has 106 valence electrons. The van der Waals surface area contributed by atoms with Gasteiger partial charge in [-0.05, 0) is 27.7 Å². The maximum atomic E-state index is 9.11. The topological polar surface area (TPSA) is 79.8 Å². The first-order chi connectivity index (χ1) is 9.66. The zero-order valence-corrected chi connectivity index (χ0v) is 12.5. The monoisotopic (exact) mass is 272 g/mol. The van der Waals surface area contributed by atoms with Crippen LogP contribution in [0.25, 0.3) is 0 Å². The molecule has 1 aromatic heterocycles. The summed E-state index contributed by atoms with van der Waals surface area (Å²) in [6.07, 6.45) is 0. The lowest BCUT2D eigenvalue weighted by Crippen LogP contribution is -2.30. The molecule has 0 aliphatic rings. The van der Waals surface area contributed by atoms with Crippen molar-refractivity contribution < 1.29 is 0 Å². The molecule has 0 bridgehead atoms. The fourth-order valence-electron chi connectivity index (χ4n) is 2.04. The molecule has 0 radical (unpaired) electrons. The predicted molar refractivity (Wildman–Crippen MR) is 78.6 cm³/mol. The first kappa shape index (κ1) is 15.7. The van der Waals surface area contributed by atoms with Gasteiger partial charge in [-0.1, -0.05) is 0 Å². The summed E-state index contributed by atoms with van der Waals surface area (Å²) >= 11 is 0. The highest BCUT2D eigenvalue weighted by molar-refractivity contribution is 5.65. The number of aromatic nitrogens is 2. The summed E-state index contributed by atoms with van der Waals surface area (Å²) in [5, 5.41) is 18.2. The Morgan fingerprint density at radius 1 is 0.750 bits per heavy atom. The van der Waals surface area contributed by atoms with Crippen LogP contribution >= 0.6 is 0 Å². The van der Waals surface area contributed by atoms with Gasteiger partial charge in [-0.15, -0.1) is 0 Å². The van der Waals surface area contributed by atoms with Crippen molar-refractivity contribution in [2.45, 2.75) is 27.7 Å². The molecule has 0 fully saturated rings. The summed E-state index contributed by atoms with van der Waals surface area (Å²) in [5.74, 6) is 1.35. The normalized spacial score (nSPS) is 9.70. The number of nitriles is 2. The van der Waals surface area contributed by atoms with Gasteiger partial charge in [0.2, 0.25) is 0 Å². The van der Waals surface area contributed by atoms with Gasteiger partial charge < -0.3 is 9.80 Å². The Morgan fingerprint density at radius 2 is 1.05 bits per heavy atom. The highest BCUT2D eigenvalue weighted by atomic mass is 15.3. The van der Waals surface area contributed by atoms with Crippen molar-refractivity contribution in [1.82, 2.24) is 9.97 Å². The van der Waals surface area contributed by atoms with E-state index in [-0.39, 0.29) is 11.4 Å². The molecule has 0 atom stereocenters. The SMILES string of the molecule is CCN(CC)c1nc(C#N)c(C#N)nc1N(CC)CC. The van der Waals surface area contributed by atoms with Crippen molar-refractivity contribution in [3.8, 4) is 12.1 Å². The summed E-state index contributed by atoms with van der Waals surface area (Å²) in [7, 11) is 0. The molecular formula is C14H20N6. The van der Waals surface area contributed by atoms with Crippen LogP contribution in [0, 0.1) is 22.7 Å². The molecule has 0 saturated carbocycles. The van der Waals surface area contributed by atoms with Gasteiger partial charge in [0.25, 0.3) is 0 Å². The lowest BCUT2D eigenvalue weighted by atomic mass is 10.3. The second kappa shape index (κ2) is 7.30. The van der Waals surface area contributed by atoms with Gasteiger partial charge in [0.15, 0.2) is 23.0 Å². The number of hydrogen-bond acceptors (Lipinski definition) is 6. The van der Waals surface area contributed by atoms with Gasteiger partial charge in [-0.2, -0.15) is 10.5 Å². The van der Waals surface area contributed by atoms with E-state index in [0.29, 0.717) is 11.6 Å². The molecular weight excluding hydrogens is 252 g/mol. The average molecular weight is 272 g/mol. The van der Waals surface area contributed by atoms with Crippen LogP contribution in [0.15, 0.2) is 0 Å². The van der Waals surface area contributed by atoms with Crippen LogP contribution < -0.4 is 9.80 Å². The van der Waals surface area contributed by atoms with Crippen molar-refractivity contribution in [2.24, 2.45) is 0 Å². The van der Waals surface area contributed by atoms with Crippen LogP contribution in [-0.4, -0.2) is 36.1 Å². The van der Waals surface area contributed by atoms with E-state index in [1.54, 1.807) is 0 Å². The predicted octanol–water partition coefficient (Wildman–Crippen LogP) is 1.91. The Labute approximate surface area is 120 Å². The van der Waals surface area contributed by atoms with Crippen molar-refractivity contribution in [3.63, 3.8) is 0 Å². The molecule has 0 aliphatic heterocycles. The summed E-state index contributed by atoms with van der Waals surface area (Å²) in [6.45, 7) is 11.2. The summed E-state index contributed by atoms with van der Waals surface area (Å²) in [6, 6.07) is 3.90. The molecule has 1 aromatic rings. The highest BCUT2D eigenvalue weighted by Gasteiger charge is 2.20. The molecule has 0 unspecified atom stereocenters. The standard InChI is InChI=1S/C14H20N6/c1-5-19(6-2)13-14(20(7-3)8-4)18-12(10-16)11(9-15)17-13/h5-8H2,1-4H3. The fraction of sp³-hybridized carbons (Fsp3) is 0.571. The summed E-state index contributed by atoms with van der Waals surface area (Å²) < 4.78 is 0. The van der Waals surface area contributed by atoms with Crippen LogP contribution in [-0.2, 0) is 0 Å². The lowest BCUT2D eigenvalue weighted by molar-refractivity contribution is 0.797. The average Bonchev–Trinajstić information content (AvgIpc) is 2.50. The zero-order valence-electron chi connectivity index (χ0n) is 12.5. The molecule has 0 aliphatic carbocycles. The van der Waals surface area contributed by atoms with Gasteiger partial charge in [0.05, 0.1) is 0 Å². The third-order valence-electron chi connectivity index (χ3n) is 3.20. The van der Waals surface area contributed by atoms with E-state index in [1.165, 1.54) is 0 Å². The zero-order chi connectivity index (χ0) is 15.1. The maximum Gasteiger partial charge on any atom is 0.179 e. The molecule has 6 heteroatoms. The van der Waals surface area contributed by atoms with Crippen molar-refractivity contribution in [3.05, 3.63) is 11.4 Å². The van der Waals surface area contributed by atoms with Gasteiger partial charge >= 0.3 is 0 Å². The van der Waals surface area contributed by atoms with Crippen LogP contribution in [0.2, 0.25) is 0 Å².